The highest BCUT2D eigenvalue weighted by molar-refractivity contribution is 6.08. The molecule has 7 heteroatoms. The molecule has 2 amide bonds. The fourth-order valence-electron chi connectivity index (χ4n) is 3.00. The van der Waals surface area contributed by atoms with Crippen molar-refractivity contribution in [3.63, 3.8) is 0 Å². The molecule has 0 bridgehead atoms. The van der Waals surface area contributed by atoms with Gasteiger partial charge in [0.15, 0.2) is 0 Å². The van der Waals surface area contributed by atoms with Crippen LogP contribution in [0.3, 0.4) is 0 Å². The number of para-hydroxylation sites is 1. The van der Waals surface area contributed by atoms with Crippen LogP contribution in [0.15, 0.2) is 66.7 Å². The Hall–Kier alpha value is -4.00. The molecule has 0 spiro atoms. The van der Waals surface area contributed by atoms with Crippen LogP contribution in [0.2, 0.25) is 0 Å². The molecule has 7 nitrogen and oxygen atoms in total. The summed E-state index contributed by atoms with van der Waals surface area (Å²) in [6.45, 7) is 1.93. The Labute approximate surface area is 181 Å². The van der Waals surface area contributed by atoms with Gasteiger partial charge in [-0.1, -0.05) is 18.2 Å². The first-order valence-corrected chi connectivity index (χ1v) is 9.73. The summed E-state index contributed by atoms with van der Waals surface area (Å²) in [7, 11) is 3.14. The van der Waals surface area contributed by atoms with E-state index in [1.807, 2.05) is 19.1 Å². The summed E-state index contributed by atoms with van der Waals surface area (Å²) in [5, 5.41) is 8.72. The molecule has 0 heterocycles. The van der Waals surface area contributed by atoms with Crippen LogP contribution < -0.4 is 25.4 Å². The Morgan fingerprint density at radius 2 is 1.58 bits per heavy atom. The maximum absolute atomic E-state index is 12.7. The fraction of sp³-hybridized carbons (Fsp3) is 0.167. The van der Waals surface area contributed by atoms with Crippen LogP contribution in [0.4, 0.5) is 17.1 Å². The first-order chi connectivity index (χ1) is 15.0. The van der Waals surface area contributed by atoms with Crippen molar-refractivity contribution in [2.45, 2.75) is 6.92 Å². The molecule has 0 aliphatic rings. The SMILES string of the molecule is COc1ccc(NC(=O)c2ccccc2NCC(=O)Nc2cc(C)ccc2OC)cc1. The largest absolute Gasteiger partial charge is 0.497 e. The van der Waals surface area contributed by atoms with E-state index in [1.54, 1.807) is 68.8 Å². The van der Waals surface area contributed by atoms with E-state index in [1.165, 1.54) is 0 Å². The van der Waals surface area contributed by atoms with Crippen molar-refractivity contribution in [2.75, 3.05) is 36.7 Å². The van der Waals surface area contributed by atoms with E-state index in [4.69, 9.17) is 9.47 Å². The van der Waals surface area contributed by atoms with E-state index in [0.29, 0.717) is 34.1 Å². The van der Waals surface area contributed by atoms with E-state index in [9.17, 15) is 9.59 Å². The van der Waals surface area contributed by atoms with E-state index in [2.05, 4.69) is 16.0 Å². The zero-order valence-electron chi connectivity index (χ0n) is 17.7. The zero-order valence-corrected chi connectivity index (χ0v) is 17.7. The van der Waals surface area contributed by atoms with Gasteiger partial charge < -0.3 is 25.4 Å². The van der Waals surface area contributed by atoms with Crippen LogP contribution in [0.1, 0.15) is 15.9 Å². The lowest BCUT2D eigenvalue weighted by Crippen LogP contribution is -2.23. The van der Waals surface area contributed by atoms with Gasteiger partial charge >= 0.3 is 0 Å². The summed E-state index contributed by atoms with van der Waals surface area (Å²) < 4.78 is 10.4. The molecule has 0 aromatic heterocycles. The second-order valence-corrected chi connectivity index (χ2v) is 6.83. The third-order valence-corrected chi connectivity index (χ3v) is 4.59. The van der Waals surface area contributed by atoms with Crippen molar-refractivity contribution in [3.8, 4) is 11.5 Å². The van der Waals surface area contributed by atoms with Gasteiger partial charge in [-0.05, 0) is 61.0 Å². The van der Waals surface area contributed by atoms with Crippen LogP contribution in [0.25, 0.3) is 0 Å². The van der Waals surface area contributed by atoms with Crippen LogP contribution in [0, 0.1) is 6.92 Å². The number of hydrogen-bond acceptors (Lipinski definition) is 5. The van der Waals surface area contributed by atoms with E-state index >= 15 is 0 Å². The quantitative estimate of drug-likeness (QED) is 0.506. The fourth-order valence-corrected chi connectivity index (χ4v) is 3.00. The summed E-state index contributed by atoms with van der Waals surface area (Å²) >= 11 is 0. The predicted octanol–water partition coefficient (Wildman–Crippen LogP) is 4.32. The van der Waals surface area contributed by atoms with Gasteiger partial charge in [-0.3, -0.25) is 9.59 Å². The number of ether oxygens (including phenoxy) is 2. The lowest BCUT2D eigenvalue weighted by molar-refractivity contribution is -0.114. The van der Waals surface area contributed by atoms with Gasteiger partial charge in [0.2, 0.25) is 5.91 Å². The number of carbonyl (C=O) groups excluding carboxylic acids is 2. The van der Waals surface area contributed by atoms with Gasteiger partial charge in [0.05, 0.1) is 32.0 Å². The van der Waals surface area contributed by atoms with Gasteiger partial charge in [-0.25, -0.2) is 0 Å². The smallest absolute Gasteiger partial charge is 0.257 e. The van der Waals surface area contributed by atoms with Gasteiger partial charge in [-0.15, -0.1) is 0 Å². The summed E-state index contributed by atoms with van der Waals surface area (Å²) in [6.07, 6.45) is 0. The molecule has 31 heavy (non-hydrogen) atoms. The summed E-state index contributed by atoms with van der Waals surface area (Å²) in [5.41, 5.74) is 3.23. The van der Waals surface area contributed by atoms with Crippen molar-refractivity contribution in [3.05, 3.63) is 77.9 Å². The summed E-state index contributed by atoms with van der Waals surface area (Å²) in [6, 6.07) is 19.6. The minimum Gasteiger partial charge on any atom is -0.497 e. The minimum absolute atomic E-state index is 0.00999. The van der Waals surface area contributed by atoms with E-state index in [0.717, 1.165) is 5.56 Å². The van der Waals surface area contributed by atoms with Gasteiger partial charge in [0.25, 0.3) is 5.91 Å². The standard InChI is InChI=1S/C24H25N3O4/c1-16-8-13-22(31-3)21(14-16)27-23(28)15-25-20-7-5-4-6-19(20)24(29)26-17-9-11-18(30-2)12-10-17/h4-14,25H,15H2,1-3H3,(H,26,29)(H,27,28). The highest BCUT2D eigenvalue weighted by Crippen LogP contribution is 2.25. The Balaban J connectivity index is 1.65. The monoisotopic (exact) mass is 419 g/mol. The number of amides is 2. The van der Waals surface area contributed by atoms with Crippen molar-refractivity contribution < 1.29 is 19.1 Å². The molecular formula is C24H25N3O4. The lowest BCUT2D eigenvalue weighted by atomic mass is 10.1. The molecule has 0 aliphatic heterocycles. The first kappa shape index (κ1) is 21.7. The van der Waals surface area contributed by atoms with E-state index in [-0.39, 0.29) is 18.4 Å². The van der Waals surface area contributed by atoms with Crippen LogP contribution in [-0.4, -0.2) is 32.6 Å². The van der Waals surface area contributed by atoms with Crippen molar-refractivity contribution >= 4 is 28.9 Å². The molecule has 0 saturated heterocycles. The number of benzene rings is 3. The van der Waals surface area contributed by atoms with Crippen LogP contribution in [-0.2, 0) is 4.79 Å². The molecule has 0 saturated carbocycles. The number of anilines is 3. The first-order valence-electron chi connectivity index (χ1n) is 9.73. The summed E-state index contributed by atoms with van der Waals surface area (Å²) in [4.78, 5) is 25.2. The maximum atomic E-state index is 12.7. The second kappa shape index (κ2) is 10.2. The van der Waals surface area contributed by atoms with Crippen molar-refractivity contribution in [1.82, 2.24) is 0 Å². The average Bonchev–Trinajstić information content (AvgIpc) is 2.78. The van der Waals surface area contributed by atoms with Gasteiger partial charge in [0.1, 0.15) is 11.5 Å². The van der Waals surface area contributed by atoms with E-state index < -0.39 is 0 Å². The topological polar surface area (TPSA) is 88.7 Å². The van der Waals surface area contributed by atoms with Crippen LogP contribution >= 0.6 is 0 Å². The van der Waals surface area contributed by atoms with Crippen LogP contribution in [0.5, 0.6) is 11.5 Å². The molecule has 3 aromatic rings. The predicted molar refractivity (Wildman–Crippen MR) is 122 cm³/mol. The number of carbonyl (C=O) groups is 2. The molecule has 0 unspecified atom stereocenters. The third-order valence-electron chi connectivity index (χ3n) is 4.59. The third kappa shape index (κ3) is 5.76. The molecule has 160 valence electrons. The van der Waals surface area contributed by atoms with Gasteiger partial charge in [0, 0.05) is 11.4 Å². The second-order valence-electron chi connectivity index (χ2n) is 6.83. The number of aryl methyl sites for hydroxylation is 1. The molecule has 0 fully saturated rings. The molecule has 3 aromatic carbocycles. The Bertz CT molecular complexity index is 1060. The number of hydrogen-bond donors (Lipinski definition) is 3. The maximum Gasteiger partial charge on any atom is 0.257 e. The van der Waals surface area contributed by atoms with Crippen molar-refractivity contribution in [1.29, 1.82) is 0 Å². The highest BCUT2D eigenvalue weighted by Gasteiger charge is 2.13. The molecule has 3 rings (SSSR count). The summed E-state index contributed by atoms with van der Waals surface area (Å²) in [5.74, 6) is 0.748. The molecular weight excluding hydrogens is 394 g/mol. The lowest BCUT2D eigenvalue weighted by Gasteiger charge is -2.14. The number of methoxy groups -OCH3 is 2. The molecule has 0 radical (unpaired) electrons. The molecule has 0 aliphatic carbocycles. The molecule has 3 N–H and O–H groups in total. The molecule has 0 atom stereocenters. The normalized spacial score (nSPS) is 10.2. The number of rotatable bonds is 8. The van der Waals surface area contributed by atoms with Gasteiger partial charge in [-0.2, -0.15) is 0 Å². The Morgan fingerprint density at radius 3 is 2.29 bits per heavy atom. The Kier molecular flexibility index (Phi) is 7.11. The minimum atomic E-state index is -0.283. The Morgan fingerprint density at radius 1 is 0.839 bits per heavy atom. The highest BCUT2D eigenvalue weighted by atomic mass is 16.5. The zero-order chi connectivity index (χ0) is 22.2. The number of nitrogens with one attached hydrogen (secondary N) is 3. The average molecular weight is 419 g/mol. The van der Waals surface area contributed by atoms with Crippen molar-refractivity contribution in [2.24, 2.45) is 0 Å².